The smallest absolute Gasteiger partial charge is 0.269 e. The number of ether oxygens (including phenoxy) is 2. The fourth-order valence-corrected chi connectivity index (χ4v) is 4.28. The lowest BCUT2D eigenvalue weighted by Gasteiger charge is -2.37. The minimum Gasteiger partial charge on any atom is -0.493 e. The van der Waals surface area contributed by atoms with E-state index in [-0.39, 0.29) is 0 Å². The number of nitrogens with two attached hydrogens (primary N) is 1. The second kappa shape index (κ2) is 8.96. The number of fused-ring (bicyclic) bond motifs is 1. The van der Waals surface area contributed by atoms with E-state index in [1.54, 1.807) is 11.6 Å². The van der Waals surface area contributed by atoms with Crippen LogP contribution in [0.4, 0.5) is 0 Å². The van der Waals surface area contributed by atoms with Gasteiger partial charge in [-0.2, -0.15) is 5.10 Å². The fraction of sp³-hybridized carbons (Fsp3) is 0.231. The van der Waals surface area contributed by atoms with Crippen LogP contribution in [0.15, 0.2) is 54.7 Å². The molecule has 1 aliphatic heterocycles. The van der Waals surface area contributed by atoms with Crippen LogP contribution in [0.1, 0.15) is 28.9 Å². The molecule has 1 amide bonds. The van der Waals surface area contributed by atoms with Gasteiger partial charge in [0, 0.05) is 30.1 Å². The van der Waals surface area contributed by atoms with Gasteiger partial charge in [-0.05, 0) is 43.3 Å². The van der Waals surface area contributed by atoms with Crippen molar-refractivity contribution in [2.75, 3.05) is 26.7 Å². The molecule has 4 aromatic rings. The van der Waals surface area contributed by atoms with Crippen LogP contribution in [-0.4, -0.2) is 52.1 Å². The summed E-state index contributed by atoms with van der Waals surface area (Å²) in [6, 6.07) is 14.9. The Morgan fingerprint density at radius 3 is 2.59 bits per heavy atom. The second-order valence-electron chi connectivity index (χ2n) is 8.17. The van der Waals surface area contributed by atoms with E-state index >= 15 is 0 Å². The highest BCUT2D eigenvalue weighted by atomic mass is 16.5. The number of hydrogen-bond acceptors (Lipinski definition) is 5. The number of carbonyl (C=O) groups is 1. The van der Waals surface area contributed by atoms with Crippen LogP contribution in [0.2, 0.25) is 0 Å². The van der Waals surface area contributed by atoms with Crippen molar-refractivity contribution in [2.24, 2.45) is 5.73 Å². The summed E-state index contributed by atoms with van der Waals surface area (Å²) in [4.78, 5) is 18.0. The van der Waals surface area contributed by atoms with Crippen molar-refractivity contribution in [1.29, 1.82) is 0 Å². The number of nitrogens with one attached hydrogen (secondary N) is 1. The lowest BCUT2D eigenvalue weighted by molar-refractivity contribution is 0.0994. The molecule has 0 unspecified atom stereocenters. The third kappa shape index (κ3) is 3.87. The van der Waals surface area contributed by atoms with Gasteiger partial charge in [0.15, 0.2) is 17.2 Å². The third-order valence-corrected chi connectivity index (χ3v) is 6.04. The Morgan fingerprint density at radius 1 is 1.18 bits per heavy atom. The van der Waals surface area contributed by atoms with E-state index in [2.05, 4.69) is 26.8 Å². The minimum absolute atomic E-state index is 0.327. The molecule has 0 aliphatic carbocycles. The first-order valence-electron chi connectivity index (χ1n) is 11.0. The van der Waals surface area contributed by atoms with Gasteiger partial charge < -0.3 is 20.2 Å². The van der Waals surface area contributed by atoms with Crippen molar-refractivity contribution in [2.45, 2.75) is 12.8 Å². The van der Waals surface area contributed by atoms with Gasteiger partial charge in [-0.25, -0.2) is 4.52 Å². The number of nitrogens with zero attached hydrogens (tertiary/aromatic N) is 3. The Morgan fingerprint density at radius 2 is 1.91 bits per heavy atom. The van der Waals surface area contributed by atoms with Gasteiger partial charge in [0.05, 0.1) is 25.5 Å². The number of para-hydroxylation sites is 2. The van der Waals surface area contributed by atoms with Gasteiger partial charge in [-0.3, -0.25) is 9.69 Å². The average Bonchev–Trinajstić information content (AvgIpc) is 3.39. The molecule has 0 spiro atoms. The molecule has 1 saturated heterocycles. The highest BCUT2D eigenvalue weighted by Crippen LogP contribution is 2.35. The SMILES string of the molecule is CC#CCN1CC(c2cnn3c(C(N)=O)c(-c4ccc(Oc5ccccc5OC)cc4)[nH]c23)C1. The quantitative estimate of drug-likeness (QED) is 0.415. The molecule has 34 heavy (non-hydrogen) atoms. The van der Waals surface area contributed by atoms with Crippen molar-refractivity contribution >= 4 is 11.6 Å². The standard InChI is InChI=1S/C26H25N5O3/c1-3-4-13-30-15-18(16-30)20-14-28-31-24(25(27)32)23(29-26(20)31)17-9-11-19(12-10-17)34-22-8-6-5-7-21(22)33-2/h5-12,14,18,29H,13,15-16H2,1-2H3,(H2,27,32). The van der Waals surface area contributed by atoms with E-state index in [1.807, 2.05) is 61.7 Å². The van der Waals surface area contributed by atoms with Gasteiger partial charge in [0.25, 0.3) is 5.91 Å². The molecule has 2 aromatic heterocycles. The molecule has 0 saturated carbocycles. The molecule has 0 bridgehead atoms. The van der Waals surface area contributed by atoms with Gasteiger partial charge in [-0.1, -0.05) is 18.1 Å². The first-order chi connectivity index (χ1) is 16.6. The van der Waals surface area contributed by atoms with Gasteiger partial charge in [-0.15, -0.1) is 5.92 Å². The number of hydrogen-bond donors (Lipinski definition) is 2. The number of amides is 1. The molecule has 3 heterocycles. The molecule has 8 nitrogen and oxygen atoms in total. The highest BCUT2D eigenvalue weighted by molar-refractivity contribution is 5.98. The monoisotopic (exact) mass is 455 g/mol. The van der Waals surface area contributed by atoms with E-state index in [9.17, 15) is 4.79 Å². The Kier molecular flexibility index (Phi) is 5.70. The number of primary amides is 1. The first-order valence-corrected chi connectivity index (χ1v) is 11.0. The van der Waals surface area contributed by atoms with Gasteiger partial charge in [0.1, 0.15) is 11.4 Å². The van der Waals surface area contributed by atoms with Crippen molar-refractivity contribution in [1.82, 2.24) is 19.5 Å². The van der Waals surface area contributed by atoms with Gasteiger partial charge >= 0.3 is 0 Å². The van der Waals surface area contributed by atoms with Crippen LogP contribution in [0.25, 0.3) is 16.9 Å². The molecule has 1 fully saturated rings. The van der Waals surface area contributed by atoms with E-state index in [1.165, 1.54) is 0 Å². The van der Waals surface area contributed by atoms with E-state index in [4.69, 9.17) is 15.2 Å². The van der Waals surface area contributed by atoms with Gasteiger partial charge in [0.2, 0.25) is 0 Å². The Labute approximate surface area is 197 Å². The number of carbonyl (C=O) groups excluding carboxylic acids is 1. The Balaban J connectivity index is 1.43. The summed E-state index contributed by atoms with van der Waals surface area (Å²) in [6.07, 6.45) is 1.82. The van der Waals surface area contributed by atoms with Crippen LogP contribution in [0.5, 0.6) is 17.2 Å². The van der Waals surface area contributed by atoms with Crippen molar-refractivity contribution in [3.8, 4) is 40.3 Å². The van der Waals surface area contributed by atoms with Crippen LogP contribution < -0.4 is 15.2 Å². The molecule has 2 aromatic carbocycles. The largest absolute Gasteiger partial charge is 0.493 e. The topological polar surface area (TPSA) is 97.9 Å². The summed E-state index contributed by atoms with van der Waals surface area (Å²) in [6.45, 7) is 4.43. The Hall–Kier alpha value is -4.22. The molecule has 0 radical (unpaired) electrons. The molecule has 8 heteroatoms. The summed E-state index contributed by atoms with van der Waals surface area (Å²) in [5.74, 6) is 7.74. The molecule has 172 valence electrons. The maximum Gasteiger partial charge on any atom is 0.269 e. The Bertz CT molecular complexity index is 1400. The number of benzene rings is 2. The molecular formula is C26H25N5O3. The first kappa shape index (κ1) is 21.6. The average molecular weight is 456 g/mol. The number of likely N-dealkylation sites (tertiary alicyclic amines) is 1. The summed E-state index contributed by atoms with van der Waals surface area (Å²) < 4.78 is 12.9. The molecule has 3 N–H and O–H groups in total. The van der Waals surface area contributed by atoms with E-state index < -0.39 is 5.91 Å². The zero-order valence-corrected chi connectivity index (χ0v) is 19.0. The third-order valence-electron chi connectivity index (χ3n) is 6.04. The minimum atomic E-state index is -0.543. The van der Waals surface area contributed by atoms with Crippen LogP contribution in [0.3, 0.4) is 0 Å². The number of rotatable bonds is 7. The zero-order valence-electron chi connectivity index (χ0n) is 19.0. The maximum absolute atomic E-state index is 12.4. The second-order valence-corrected chi connectivity index (χ2v) is 8.17. The van der Waals surface area contributed by atoms with Crippen molar-refractivity contribution in [3.63, 3.8) is 0 Å². The lowest BCUT2D eigenvalue weighted by atomic mass is 9.93. The van der Waals surface area contributed by atoms with Crippen LogP contribution in [-0.2, 0) is 0 Å². The normalized spacial score (nSPS) is 13.8. The van der Waals surface area contributed by atoms with Crippen molar-refractivity contribution in [3.05, 3.63) is 66.0 Å². The highest BCUT2D eigenvalue weighted by Gasteiger charge is 2.31. The van der Waals surface area contributed by atoms with Crippen molar-refractivity contribution < 1.29 is 14.3 Å². The molecule has 1 aliphatic rings. The number of aromatic nitrogens is 3. The van der Waals surface area contributed by atoms with E-state index in [0.717, 1.165) is 36.4 Å². The molecular weight excluding hydrogens is 430 g/mol. The molecule has 0 atom stereocenters. The predicted molar refractivity (Wildman–Crippen MR) is 129 cm³/mol. The summed E-state index contributed by atoms with van der Waals surface area (Å²) in [5.41, 5.74) is 9.39. The van der Waals surface area contributed by atoms with Crippen LogP contribution >= 0.6 is 0 Å². The number of imidazole rings is 1. The maximum atomic E-state index is 12.4. The lowest BCUT2D eigenvalue weighted by Crippen LogP contribution is -2.44. The number of aromatic amines is 1. The molecule has 5 rings (SSSR count). The zero-order chi connectivity index (χ0) is 23.7. The fourth-order valence-electron chi connectivity index (χ4n) is 4.28. The summed E-state index contributed by atoms with van der Waals surface area (Å²) in [5, 5.41) is 4.47. The van der Waals surface area contributed by atoms with E-state index in [0.29, 0.717) is 34.6 Å². The number of methoxy groups -OCH3 is 1. The summed E-state index contributed by atoms with van der Waals surface area (Å²) >= 11 is 0. The van der Waals surface area contributed by atoms with Crippen LogP contribution in [0, 0.1) is 11.8 Å². The predicted octanol–water partition coefficient (Wildman–Crippen LogP) is 3.65. The summed E-state index contributed by atoms with van der Waals surface area (Å²) in [7, 11) is 1.60. The number of H-pyrrole nitrogens is 1.